The molecule has 9 heteroatoms. The van der Waals surface area contributed by atoms with Crippen LogP contribution in [0, 0.1) is 6.92 Å². The molecular formula is C15H18N4O4S. The summed E-state index contributed by atoms with van der Waals surface area (Å²) >= 11 is 0. The van der Waals surface area contributed by atoms with E-state index in [0.29, 0.717) is 11.4 Å². The zero-order chi connectivity index (χ0) is 17.9. The van der Waals surface area contributed by atoms with Crippen molar-refractivity contribution in [2.75, 3.05) is 26.5 Å². The molecular weight excluding hydrogens is 332 g/mol. The van der Waals surface area contributed by atoms with Crippen LogP contribution in [0.4, 0.5) is 5.69 Å². The average molecular weight is 350 g/mol. The summed E-state index contributed by atoms with van der Waals surface area (Å²) in [5.74, 6) is -0.179. The first-order chi connectivity index (χ1) is 11.3. The van der Waals surface area contributed by atoms with Crippen molar-refractivity contribution >= 4 is 21.6 Å². The van der Waals surface area contributed by atoms with Crippen LogP contribution in [0.5, 0.6) is 5.75 Å². The number of hydrogen-bond donors (Lipinski definition) is 1. The largest absolute Gasteiger partial charge is 0.495 e. The highest BCUT2D eigenvalue weighted by Crippen LogP contribution is 2.28. The van der Waals surface area contributed by atoms with Crippen molar-refractivity contribution in [1.82, 2.24) is 14.3 Å². The van der Waals surface area contributed by atoms with Gasteiger partial charge in [-0.15, -0.1) is 0 Å². The highest BCUT2D eigenvalue weighted by Gasteiger charge is 2.20. The number of nitrogens with zero attached hydrogens (tertiary/aromatic N) is 3. The molecule has 0 atom stereocenters. The minimum atomic E-state index is -3.63. The molecule has 1 aromatic heterocycles. The summed E-state index contributed by atoms with van der Waals surface area (Å²) in [6.07, 6.45) is 2.82. The van der Waals surface area contributed by atoms with E-state index in [1.165, 1.54) is 51.8 Å². The molecule has 2 rings (SSSR count). The number of benzene rings is 1. The Morgan fingerprint density at radius 1 is 1.21 bits per heavy atom. The van der Waals surface area contributed by atoms with Crippen molar-refractivity contribution in [3.8, 4) is 5.75 Å². The van der Waals surface area contributed by atoms with E-state index in [1.54, 1.807) is 6.92 Å². The maximum absolute atomic E-state index is 12.3. The summed E-state index contributed by atoms with van der Waals surface area (Å²) in [6, 6.07) is 4.23. The zero-order valence-corrected chi connectivity index (χ0v) is 14.6. The fourth-order valence-electron chi connectivity index (χ4n) is 1.85. The van der Waals surface area contributed by atoms with Crippen molar-refractivity contribution in [3.63, 3.8) is 0 Å². The predicted octanol–water partition coefficient (Wildman–Crippen LogP) is 1.30. The van der Waals surface area contributed by atoms with E-state index in [2.05, 4.69) is 15.3 Å². The molecule has 0 radical (unpaired) electrons. The number of amides is 1. The van der Waals surface area contributed by atoms with Gasteiger partial charge in [-0.05, 0) is 25.1 Å². The molecule has 8 nitrogen and oxygen atoms in total. The minimum Gasteiger partial charge on any atom is -0.495 e. The molecule has 1 aromatic carbocycles. The van der Waals surface area contributed by atoms with Gasteiger partial charge in [-0.25, -0.2) is 17.7 Å². The lowest BCUT2D eigenvalue weighted by Crippen LogP contribution is -2.22. The number of rotatable bonds is 5. The quantitative estimate of drug-likeness (QED) is 0.872. The maximum atomic E-state index is 12.3. The molecule has 24 heavy (non-hydrogen) atoms. The first-order valence-electron chi connectivity index (χ1n) is 6.96. The third-order valence-electron chi connectivity index (χ3n) is 3.21. The molecule has 0 aliphatic carbocycles. The Hall–Kier alpha value is -2.52. The fourth-order valence-corrected chi connectivity index (χ4v) is 2.78. The van der Waals surface area contributed by atoms with E-state index in [1.807, 2.05) is 0 Å². The summed E-state index contributed by atoms with van der Waals surface area (Å²) < 4.78 is 30.7. The van der Waals surface area contributed by atoms with Crippen LogP contribution in [0.3, 0.4) is 0 Å². The number of ether oxygens (including phenoxy) is 1. The second kappa shape index (κ2) is 6.93. The van der Waals surface area contributed by atoms with Gasteiger partial charge in [0.15, 0.2) is 0 Å². The molecule has 1 amide bonds. The average Bonchev–Trinajstić information content (AvgIpc) is 2.55. The monoisotopic (exact) mass is 350 g/mol. The number of methoxy groups -OCH3 is 1. The molecule has 1 N–H and O–H groups in total. The van der Waals surface area contributed by atoms with Crippen molar-refractivity contribution in [3.05, 3.63) is 42.0 Å². The van der Waals surface area contributed by atoms with E-state index in [-0.39, 0.29) is 16.3 Å². The number of anilines is 1. The molecule has 0 bridgehead atoms. The Kier molecular flexibility index (Phi) is 5.15. The summed E-state index contributed by atoms with van der Waals surface area (Å²) in [7, 11) is 0.656. The first kappa shape index (κ1) is 17.8. The van der Waals surface area contributed by atoms with Crippen LogP contribution < -0.4 is 10.1 Å². The third-order valence-corrected chi connectivity index (χ3v) is 5.02. The van der Waals surface area contributed by atoms with Gasteiger partial charge in [0.25, 0.3) is 5.91 Å². The van der Waals surface area contributed by atoms with Gasteiger partial charge >= 0.3 is 0 Å². The molecule has 0 spiro atoms. The normalized spacial score (nSPS) is 11.4. The second-order valence-corrected chi connectivity index (χ2v) is 7.30. The van der Waals surface area contributed by atoms with Crippen molar-refractivity contribution in [1.29, 1.82) is 0 Å². The fraction of sp³-hybridized carbons (Fsp3) is 0.267. The highest BCUT2D eigenvalue weighted by molar-refractivity contribution is 7.89. The highest BCUT2D eigenvalue weighted by atomic mass is 32.2. The molecule has 2 aromatic rings. The van der Waals surface area contributed by atoms with Crippen LogP contribution in [-0.4, -0.2) is 49.8 Å². The first-order valence-corrected chi connectivity index (χ1v) is 8.40. The summed E-state index contributed by atoms with van der Waals surface area (Å²) in [5.41, 5.74) is 1.03. The van der Waals surface area contributed by atoms with Gasteiger partial charge in [-0.2, -0.15) is 0 Å². The van der Waals surface area contributed by atoms with Crippen LogP contribution in [0.15, 0.2) is 35.5 Å². The Bertz CT molecular complexity index is 848. The number of aromatic nitrogens is 2. The van der Waals surface area contributed by atoms with E-state index in [4.69, 9.17) is 4.74 Å². The van der Waals surface area contributed by atoms with Crippen molar-refractivity contribution < 1.29 is 17.9 Å². The predicted molar refractivity (Wildman–Crippen MR) is 88.6 cm³/mol. The zero-order valence-electron chi connectivity index (χ0n) is 13.8. The Morgan fingerprint density at radius 2 is 1.92 bits per heavy atom. The van der Waals surface area contributed by atoms with Crippen LogP contribution in [-0.2, 0) is 10.0 Å². The van der Waals surface area contributed by atoms with Gasteiger partial charge < -0.3 is 10.1 Å². The molecule has 0 saturated heterocycles. The molecule has 0 aliphatic heterocycles. The van der Waals surface area contributed by atoms with Gasteiger partial charge in [0, 0.05) is 20.3 Å². The van der Waals surface area contributed by atoms with Gasteiger partial charge in [-0.1, -0.05) is 0 Å². The topological polar surface area (TPSA) is 101 Å². The number of aryl methyl sites for hydroxylation is 1. The Morgan fingerprint density at radius 3 is 2.46 bits per heavy atom. The standard InChI is InChI=1S/C15H18N4O4S/c1-10-8-17-13(9-16-10)15(20)18-12-7-11(5-6-14(12)23-4)24(21,22)19(2)3/h5-9H,1-4H3,(H,18,20). The van der Waals surface area contributed by atoms with E-state index >= 15 is 0 Å². The van der Waals surface area contributed by atoms with Gasteiger partial charge in [-0.3, -0.25) is 9.78 Å². The number of hydrogen-bond acceptors (Lipinski definition) is 6. The summed E-state index contributed by atoms with van der Waals surface area (Å²) in [4.78, 5) is 20.3. The SMILES string of the molecule is COc1ccc(S(=O)(=O)N(C)C)cc1NC(=O)c1cnc(C)cn1. The Labute approximate surface area is 140 Å². The molecule has 0 aliphatic rings. The summed E-state index contributed by atoms with van der Waals surface area (Å²) in [5, 5.41) is 2.60. The maximum Gasteiger partial charge on any atom is 0.275 e. The molecule has 0 unspecified atom stereocenters. The number of sulfonamides is 1. The molecule has 0 fully saturated rings. The van der Waals surface area contributed by atoms with Crippen LogP contribution in [0.25, 0.3) is 0 Å². The number of nitrogens with one attached hydrogen (secondary N) is 1. The van der Waals surface area contributed by atoms with E-state index in [0.717, 1.165) is 4.31 Å². The second-order valence-electron chi connectivity index (χ2n) is 5.15. The van der Waals surface area contributed by atoms with Crippen LogP contribution >= 0.6 is 0 Å². The Balaban J connectivity index is 2.38. The van der Waals surface area contributed by atoms with Crippen LogP contribution in [0.1, 0.15) is 16.2 Å². The lowest BCUT2D eigenvalue weighted by atomic mass is 10.2. The lowest BCUT2D eigenvalue weighted by Gasteiger charge is -2.15. The van der Waals surface area contributed by atoms with E-state index in [9.17, 15) is 13.2 Å². The van der Waals surface area contributed by atoms with Crippen molar-refractivity contribution in [2.24, 2.45) is 0 Å². The van der Waals surface area contributed by atoms with Gasteiger partial charge in [0.05, 0.1) is 29.6 Å². The lowest BCUT2D eigenvalue weighted by molar-refractivity contribution is 0.102. The smallest absolute Gasteiger partial charge is 0.275 e. The van der Waals surface area contributed by atoms with Crippen LogP contribution in [0.2, 0.25) is 0 Å². The number of carbonyl (C=O) groups excluding carboxylic acids is 1. The third kappa shape index (κ3) is 3.69. The van der Waals surface area contributed by atoms with E-state index < -0.39 is 15.9 Å². The van der Waals surface area contributed by atoms with Crippen molar-refractivity contribution in [2.45, 2.75) is 11.8 Å². The van der Waals surface area contributed by atoms with Gasteiger partial charge in [0.1, 0.15) is 11.4 Å². The molecule has 0 saturated carbocycles. The molecule has 1 heterocycles. The summed E-state index contributed by atoms with van der Waals surface area (Å²) in [6.45, 7) is 1.76. The number of carbonyl (C=O) groups is 1. The van der Waals surface area contributed by atoms with Gasteiger partial charge in [0.2, 0.25) is 10.0 Å². The minimum absolute atomic E-state index is 0.0404. The molecule has 128 valence electrons.